The van der Waals surface area contributed by atoms with Gasteiger partial charge in [-0.25, -0.2) is 0 Å². The minimum Gasteiger partial charge on any atom is -0.412 e. The summed E-state index contributed by atoms with van der Waals surface area (Å²) in [6.07, 6.45) is 0. The Morgan fingerprint density at radius 3 is 2.29 bits per heavy atom. The zero-order chi connectivity index (χ0) is 14.2. The highest BCUT2D eigenvalue weighted by atomic mass is 35.5. The average Bonchev–Trinajstić information content (AvgIpc) is 2.89. The Morgan fingerprint density at radius 2 is 1.54 bits per heavy atom. The van der Waals surface area contributed by atoms with E-state index in [-0.39, 0.29) is 30.3 Å². The molecule has 2 heterocycles. The molecule has 0 atom stereocenters. The lowest BCUT2D eigenvalue weighted by Gasteiger charge is -2.32. The second-order valence-corrected chi connectivity index (χ2v) is 7.02. The quantitative estimate of drug-likeness (QED) is 0.671. The van der Waals surface area contributed by atoms with Crippen molar-refractivity contribution in [2.45, 2.75) is 6.54 Å². The van der Waals surface area contributed by atoms with Crippen molar-refractivity contribution in [3.63, 3.8) is 0 Å². The molecule has 1 fully saturated rings. The van der Waals surface area contributed by atoms with Crippen LogP contribution in [0.3, 0.4) is 0 Å². The maximum absolute atomic E-state index is 2.58. The lowest BCUT2D eigenvalue weighted by molar-refractivity contribution is 0.148. The monoisotopic (exact) mass is 386 g/mol. The van der Waals surface area contributed by atoms with Crippen LogP contribution in [-0.4, -0.2) is 48.5 Å². The Morgan fingerprint density at radius 1 is 0.875 bits per heavy atom. The van der Waals surface area contributed by atoms with Gasteiger partial charge in [-0.2, -0.15) is 0 Å². The summed E-state index contributed by atoms with van der Waals surface area (Å²) in [5.41, 5.74) is 1.48. The molecular formula is C18H24Cl2N2OS. The molecule has 2 aromatic carbocycles. The highest BCUT2D eigenvalue weighted by molar-refractivity contribution is 7.26. The van der Waals surface area contributed by atoms with Crippen LogP contribution in [0.2, 0.25) is 0 Å². The second kappa shape index (κ2) is 8.99. The Balaban J connectivity index is 0.000000960. The fourth-order valence-electron chi connectivity index (χ4n) is 3.18. The van der Waals surface area contributed by atoms with Gasteiger partial charge in [-0.3, -0.25) is 4.90 Å². The van der Waals surface area contributed by atoms with Crippen molar-refractivity contribution in [3.05, 3.63) is 48.0 Å². The van der Waals surface area contributed by atoms with Gasteiger partial charge in [-0.05, 0) is 18.7 Å². The molecule has 6 heteroatoms. The van der Waals surface area contributed by atoms with Crippen LogP contribution in [0, 0.1) is 0 Å². The molecule has 0 amide bonds. The summed E-state index contributed by atoms with van der Waals surface area (Å²) >= 11 is 1.94. The number of piperazine rings is 1. The van der Waals surface area contributed by atoms with Crippen molar-refractivity contribution in [1.29, 1.82) is 0 Å². The number of benzene rings is 2. The van der Waals surface area contributed by atoms with Crippen molar-refractivity contribution in [2.75, 3.05) is 33.2 Å². The molecule has 0 spiro atoms. The first-order chi connectivity index (χ1) is 10.3. The van der Waals surface area contributed by atoms with E-state index in [1.165, 1.54) is 51.9 Å². The van der Waals surface area contributed by atoms with Crippen molar-refractivity contribution in [1.82, 2.24) is 9.80 Å². The van der Waals surface area contributed by atoms with Crippen molar-refractivity contribution in [3.8, 4) is 0 Å². The molecule has 1 aliphatic rings. The maximum Gasteiger partial charge on any atom is 0.0400 e. The van der Waals surface area contributed by atoms with Crippen LogP contribution in [0.1, 0.15) is 5.56 Å². The van der Waals surface area contributed by atoms with Crippen LogP contribution in [0.5, 0.6) is 0 Å². The lowest BCUT2D eigenvalue weighted by atomic mass is 10.1. The molecule has 0 bridgehead atoms. The van der Waals surface area contributed by atoms with Gasteiger partial charge in [0.25, 0.3) is 0 Å². The van der Waals surface area contributed by atoms with Gasteiger partial charge >= 0.3 is 0 Å². The number of rotatable bonds is 2. The van der Waals surface area contributed by atoms with Gasteiger partial charge in [-0.1, -0.05) is 36.4 Å². The highest BCUT2D eigenvalue weighted by Gasteiger charge is 2.16. The number of hydrogen-bond acceptors (Lipinski definition) is 3. The predicted molar refractivity (Wildman–Crippen MR) is 110 cm³/mol. The fourth-order valence-corrected chi connectivity index (χ4v) is 4.38. The van der Waals surface area contributed by atoms with Crippen LogP contribution < -0.4 is 0 Å². The number of hydrogen-bond donors (Lipinski definition) is 0. The molecule has 0 radical (unpaired) electrons. The first-order valence-electron chi connectivity index (χ1n) is 7.61. The maximum atomic E-state index is 2.58. The topological polar surface area (TPSA) is 38.0 Å². The third kappa shape index (κ3) is 4.02. The molecule has 4 rings (SSSR count). The van der Waals surface area contributed by atoms with Gasteiger partial charge in [-0.15, -0.1) is 36.2 Å². The standard InChI is InChI=1S/C18H20N2S.2ClH.H2O/c1-19-9-11-20(12-10-19)13-14-5-4-7-16-15-6-2-3-8-17(15)21-18(14)16;;;/h2-8H,9-13H2,1H3;2*1H;1H2. The van der Waals surface area contributed by atoms with Gasteiger partial charge in [0.1, 0.15) is 0 Å². The predicted octanol–water partition coefficient (Wildman–Crippen LogP) is 3.82. The zero-order valence-corrected chi connectivity index (χ0v) is 16.1. The van der Waals surface area contributed by atoms with Crippen molar-refractivity contribution < 1.29 is 5.48 Å². The van der Waals surface area contributed by atoms with Gasteiger partial charge in [0.05, 0.1) is 0 Å². The molecule has 3 aromatic rings. The SMILES string of the molecule is CN1CCN(Cc2cccc3c2sc2ccccc23)CC1.Cl.Cl.O. The Kier molecular flexibility index (Phi) is 7.93. The van der Waals surface area contributed by atoms with E-state index in [1.54, 1.807) is 0 Å². The second-order valence-electron chi connectivity index (χ2n) is 5.97. The number of thiophene rings is 1. The van der Waals surface area contributed by atoms with E-state index in [0.717, 1.165) is 6.54 Å². The fraction of sp³-hybridized carbons (Fsp3) is 0.333. The molecule has 2 N–H and O–H groups in total. The number of likely N-dealkylation sites (N-methyl/N-ethyl adjacent to an activating group) is 1. The van der Waals surface area contributed by atoms with E-state index < -0.39 is 0 Å². The number of halogens is 2. The van der Waals surface area contributed by atoms with E-state index >= 15 is 0 Å². The smallest absolute Gasteiger partial charge is 0.0400 e. The molecule has 1 aliphatic heterocycles. The Hall–Kier alpha value is -0.880. The third-order valence-corrected chi connectivity index (χ3v) is 5.74. The van der Waals surface area contributed by atoms with Crippen LogP contribution in [0.25, 0.3) is 20.2 Å². The third-order valence-electron chi connectivity index (χ3n) is 4.48. The van der Waals surface area contributed by atoms with Gasteiger partial charge in [0.2, 0.25) is 0 Å². The summed E-state index contributed by atoms with van der Waals surface area (Å²) in [7, 11) is 2.21. The van der Waals surface area contributed by atoms with Gasteiger partial charge < -0.3 is 10.4 Å². The summed E-state index contributed by atoms with van der Waals surface area (Å²) in [5, 5.41) is 2.82. The van der Waals surface area contributed by atoms with Crippen LogP contribution in [-0.2, 0) is 6.54 Å². The van der Waals surface area contributed by atoms with E-state index in [0.29, 0.717) is 0 Å². The first-order valence-corrected chi connectivity index (χ1v) is 8.43. The van der Waals surface area contributed by atoms with E-state index in [9.17, 15) is 0 Å². The summed E-state index contributed by atoms with van der Waals surface area (Å²) in [4.78, 5) is 5.00. The van der Waals surface area contributed by atoms with Crippen molar-refractivity contribution in [2.24, 2.45) is 0 Å². The average molecular weight is 387 g/mol. The molecule has 1 aromatic heterocycles. The van der Waals surface area contributed by atoms with Crippen molar-refractivity contribution >= 4 is 56.3 Å². The summed E-state index contributed by atoms with van der Waals surface area (Å²) in [6.45, 7) is 5.80. The minimum atomic E-state index is 0. The highest BCUT2D eigenvalue weighted by Crippen LogP contribution is 2.36. The van der Waals surface area contributed by atoms with Gasteiger partial charge in [0.15, 0.2) is 0 Å². The van der Waals surface area contributed by atoms with E-state index in [1.807, 2.05) is 11.3 Å². The minimum absolute atomic E-state index is 0. The molecule has 24 heavy (non-hydrogen) atoms. The Bertz CT molecular complexity index is 785. The van der Waals surface area contributed by atoms with Crippen LogP contribution in [0.4, 0.5) is 0 Å². The Labute approximate surface area is 159 Å². The van der Waals surface area contributed by atoms with E-state index in [2.05, 4.69) is 59.3 Å². The lowest BCUT2D eigenvalue weighted by Crippen LogP contribution is -2.43. The molecule has 3 nitrogen and oxygen atoms in total. The summed E-state index contributed by atoms with van der Waals surface area (Å²) in [5.74, 6) is 0. The molecular weight excluding hydrogens is 363 g/mol. The summed E-state index contributed by atoms with van der Waals surface area (Å²) in [6, 6.07) is 15.5. The number of fused-ring (bicyclic) bond motifs is 3. The number of nitrogens with zero attached hydrogens (tertiary/aromatic N) is 2. The largest absolute Gasteiger partial charge is 0.412 e. The summed E-state index contributed by atoms with van der Waals surface area (Å²) < 4.78 is 2.87. The molecule has 1 saturated heterocycles. The van der Waals surface area contributed by atoms with Gasteiger partial charge in [0, 0.05) is 52.9 Å². The molecule has 0 unspecified atom stereocenters. The van der Waals surface area contributed by atoms with E-state index in [4.69, 9.17) is 0 Å². The molecule has 0 aliphatic carbocycles. The van der Waals surface area contributed by atoms with Crippen LogP contribution >= 0.6 is 36.2 Å². The molecule has 132 valence electrons. The molecule has 0 saturated carbocycles. The van der Waals surface area contributed by atoms with Crippen LogP contribution in [0.15, 0.2) is 42.5 Å². The normalized spacial score (nSPS) is 15.5. The zero-order valence-electron chi connectivity index (χ0n) is 13.7. The first kappa shape index (κ1) is 21.2.